The Bertz CT molecular complexity index is 235. The fourth-order valence-corrected chi connectivity index (χ4v) is 2.48. The second-order valence-corrected chi connectivity index (χ2v) is 5.57. The van der Waals surface area contributed by atoms with Crippen LogP contribution in [0, 0.1) is 5.92 Å². The van der Waals surface area contributed by atoms with E-state index in [1.807, 2.05) is 0 Å². The Morgan fingerprint density at radius 2 is 1.94 bits per heavy atom. The van der Waals surface area contributed by atoms with E-state index in [0.717, 1.165) is 0 Å². The number of rotatable bonds is 9. The summed E-state index contributed by atoms with van der Waals surface area (Å²) in [6.45, 7) is 0. The molecule has 2 unspecified atom stereocenters. The molecular formula is C9H16O4S3. The molecule has 0 amide bonds. The van der Waals surface area contributed by atoms with Crippen molar-refractivity contribution in [2.24, 2.45) is 5.92 Å². The normalized spacial score (nSPS) is 14.4. The molecule has 0 aliphatic heterocycles. The molecule has 0 aliphatic rings. The summed E-state index contributed by atoms with van der Waals surface area (Å²) in [5.41, 5.74) is 0. The van der Waals surface area contributed by atoms with Gasteiger partial charge in [-0.25, -0.2) is 0 Å². The highest BCUT2D eigenvalue weighted by molar-refractivity contribution is 7.99. The molecule has 0 aromatic rings. The number of carboxylic acids is 2. The van der Waals surface area contributed by atoms with Crippen molar-refractivity contribution < 1.29 is 19.8 Å². The average Bonchev–Trinajstić information content (AvgIpc) is 2.21. The molecule has 0 aromatic carbocycles. The molecule has 94 valence electrons. The third kappa shape index (κ3) is 8.18. The van der Waals surface area contributed by atoms with Gasteiger partial charge in [0, 0.05) is 22.5 Å². The van der Waals surface area contributed by atoms with Gasteiger partial charge in [-0.05, 0) is 6.42 Å². The van der Waals surface area contributed by atoms with E-state index in [1.54, 1.807) is 0 Å². The zero-order valence-corrected chi connectivity index (χ0v) is 11.3. The first-order valence-electron chi connectivity index (χ1n) is 4.78. The largest absolute Gasteiger partial charge is 0.481 e. The third-order valence-electron chi connectivity index (χ3n) is 1.90. The van der Waals surface area contributed by atoms with Crippen LogP contribution in [0.25, 0.3) is 0 Å². The Morgan fingerprint density at radius 1 is 1.31 bits per heavy atom. The molecule has 0 saturated carbocycles. The van der Waals surface area contributed by atoms with Crippen LogP contribution in [0.2, 0.25) is 0 Å². The predicted molar refractivity (Wildman–Crippen MR) is 71.9 cm³/mol. The number of carboxylic acid groups (broad SMARTS) is 2. The minimum absolute atomic E-state index is 0.0375. The maximum absolute atomic E-state index is 10.9. The van der Waals surface area contributed by atoms with E-state index in [2.05, 4.69) is 25.3 Å². The van der Waals surface area contributed by atoms with Crippen LogP contribution in [0.1, 0.15) is 12.8 Å². The van der Waals surface area contributed by atoms with Crippen LogP contribution in [0.15, 0.2) is 0 Å². The fourth-order valence-electron chi connectivity index (χ4n) is 1.03. The molecule has 2 N–H and O–H groups in total. The van der Waals surface area contributed by atoms with Crippen LogP contribution in [0.4, 0.5) is 0 Å². The number of hydrogen-bond acceptors (Lipinski definition) is 5. The lowest BCUT2D eigenvalue weighted by molar-refractivity contribution is -0.141. The molecule has 0 rings (SSSR count). The SMILES string of the molecule is O=C(O)CCSCC(CC(S)CS)C(=O)O. The molecule has 2 atom stereocenters. The van der Waals surface area contributed by atoms with E-state index in [1.165, 1.54) is 11.8 Å². The van der Waals surface area contributed by atoms with E-state index in [4.69, 9.17) is 10.2 Å². The van der Waals surface area contributed by atoms with Gasteiger partial charge in [-0.2, -0.15) is 37.0 Å². The lowest BCUT2D eigenvalue weighted by atomic mass is 10.1. The van der Waals surface area contributed by atoms with Crippen LogP contribution in [-0.2, 0) is 9.59 Å². The quantitative estimate of drug-likeness (QED) is 0.381. The molecule has 0 bridgehead atoms. The Labute approximate surface area is 110 Å². The number of carbonyl (C=O) groups is 2. The van der Waals surface area contributed by atoms with Gasteiger partial charge >= 0.3 is 11.9 Å². The lowest BCUT2D eigenvalue weighted by Gasteiger charge is -2.14. The maximum Gasteiger partial charge on any atom is 0.307 e. The van der Waals surface area contributed by atoms with E-state index in [9.17, 15) is 9.59 Å². The van der Waals surface area contributed by atoms with Crippen molar-refractivity contribution in [3.8, 4) is 0 Å². The first kappa shape index (κ1) is 16.0. The van der Waals surface area contributed by atoms with Gasteiger partial charge in [0.05, 0.1) is 12.3 Å². The highest BCUT2D eigenvalue weighted by Crippen LogP contribution is 2.18. The van der Waals surface area contributed by atoms with Crippen molar-refractivity contribution in [3.05, 3.63) is 0 Å². The van der Waals surface area contributed by atoms with E-state index in [0.29, 0.717) is 23.7 Å². The van der Waals surface area contributed by atoms with Gasteiger partial charge in [0.2, 0.25) is 0 Å². The van der Waals surface area contributed by atoms with Crippen LogP contribution in [-0.4, -0.2) is 44.7 Å². The lowest BCUT2D eigenvalue weighted by Crippen LogP contribution is -2.21. The predicted octanol–water partition coefficient (Wildman–Crippen LogP) is 1.51. The second kappa shape index (κ2) is 9.07. The molecule has 0 saturated heterocycles. The number of thioether (sulfide) groups is 1. The van der Waals surface area contributed by atoms with Gasteiger partial charge < -0.3 is 10.2 Å². The zero-order valence-electron chi connectivity index (χ0n) is 8.70. The number of hydrogen-bond donors (Lipinski definition) is 4. The number of thiol groups is 2. The molecule has 4 nitrogen and oxygen atoms in total. The molecule has 0 radical (unpaired) electrons. The molecule has 0 fully saturated rings. The highest BCUT2D eigenvalue weighted by Gasteiger charge is 2.20. The highest BCUT2D eigenvalue weighted by atomic mass is 32.2. The monoisotopic (exact) mass is 284 g/mol. The fraction of sp³-hybridized carbons (Fsp3) is 0.778. The van der Waals surface area contributed by atoms with Crippen LogP contribution >= 0.6 is 37.0 Å². The summed E-state index contributed by atoms with van der Waals surface area (Å²) in [5, 5.41) is 17.3. The second-order valence-electron chi connectivity index (χ2n) is 3.33. The van der Waals surface area contributed by atoms with Crippen molar-refractivity contribution in [1.82, 2.24) is 0 Å². The molecule has 16 heavy (non-hydrogen) atoms. The summed E-state index contributed by atoms with van der Waals surface area (Å²) in [6, 6.07) is 0. The maximum atomic E-state index is 10.9. The Morgan fingerprint density at radius 3 is 2.38 bits per heavy atom. The molecule has 7 heteroatoms. The molecular weight excluding hydrogens is 268 g/mol. The van der Waals surface area contributed by atoms with E-state index < -0.39 is 17.9 Å². The van der Waals surface area contributed by atoms with E-state index in [-0.39, 0.29) is 11.7 Å². The van der Waals surface area contributed by atoms with Crippen molar-refractivity contribution in [2.75, 3.05) is 17.3 Å². The Hall–Kier alpha value is -0.0100. The van der Waals surface area contributed by atoms with Crippen molar-refractivity contribution >= 4 is 49.0 Å². The number of aliphatic carboxylic acids is 2. The first-order valence-corrected chi connectivity index (χ1v) is 7.09. The summed E-state index contributed by atoms with van der Waals surface area (Å²) < 4.78 is 0. The molecule has 0 spiro atoms. The van der Waals surface area contributed by atoms with Crippen LogP contribution < -0.4 is 0 Å². The van der Waals surface area contributed by atoms with Gasteiger partial charge in [-0.15, -0.1) is 0 Å². The third-order valence-corrected chi connectivity index (χ3v) is 4.15. The Kier molecular flexibility index (Phi) is 9.06. The molecule has 0 aliphatic carbocycles. The van der Waals surface area contributed by atoms with Crippen LogP contribution in [0.5, 0.6) is 0 Å². The summed E-state index contributed by atoms with van der Waals surface area (Å²) in [7, 11) is 0. The van der Waals surface area contributed by atoms with E-state index >= 15 is 0 Å². The minimum atomic E-state index is -0.859. The molecule has 0 heterocycles. The minimum Gasteiger partial charge on any atom is -0.481 e. The van der Waals surface area contributed by atoms with Crippen molar-refractivity contribution in [3.63, 3.8) is 0 Å². The van der Waals surface area contributed by atoms with Gasteiger partial charge in [-0.3, -0.25) is 9.59 Å². The summed E-state index contributed by atoms with van der Waals surface area (Å²) in [5.74, 6) is -0.795. The standard InChI is InChI=1S/C9H16O4S3/c10-8(11)1-2-16-5-6(9(12)13)3-7(15)4-14/h6-7,14-15H,1-5H2,(H,10,11)(H,12,13). The van der Waals surface area contributed by atoms with Crippen LogP contribution in [0.3, 0.4) is 0 Å². The van der Waals surface area contributed by atoms with Gasteiger partial charge in [0.25, 0.3) is 0 Å². The molecule has 0 aromatic heterocycles. The summed E-state index contributed by atoms with van der Waals surface area (Å²) in [4.78, 5) is 21.1. The van der Waals surface area contributed by atoms with Gasteiger partial charge in [-0.1, -0.05) is 0 Å². The van der Waals surface area contributed by atoms with Crippen molar-refractivity contribution in [1.29, 1.82) is 0 Å². The topological polar surface area (TPSA) is 74.6 Å². The first-order chi connectivity index (χ1) is 7.47. The Balaban J connectivity index is 3.86. The van der Waals surface area contributed by atoms with Crippen molar-refractivity contribution in [2.45, 2.75) is 18.1 Å². The van der Waals surface area contributed by atoms with Gasteiger partial charge in [0.15, 0.2) is 0 Å². The zero-order chi connectivity index (χ0) is 12.6. The van der Waals surface area contributed by atoms with Gasteiger partial charge in [0.1, 0.15) is 0 Å². The average molecular weight is 284 g/mol. The summed E-state index contributed by atoms with van der Waals surface area (Å²) in [6.07, 6.45) is 0.524. The summed E-state index contributed by atoms with van der Waals surface area (Å²) >= 11 is 9.59. The smallest absolute Gasteiger partial charge is 0.307 e.